The molecule has 1 N–H and O–H groups in total. The summed E-state index contributed by atoms with van der Waals surface area (Å²) in [5.74, 6) is -1.71. The number of nitrogens with one attached hydrogen (secondary N) is 1. The summed E-state index contributed by atoms with van der Waals surface area (Å²) < 4.78 is 44.7. The van der Waals surface area contributed by atoms with Gasteiger partial charge in [0.1, 0.15) is 5.82 Å². The van der Waals surface area contributed by atoms with Crippen molar-refractivity contribution in [1.29, 1.82) is 0 Å². The molecular formula is C21H25FN2O5S. The second-order valence-corrected chi connectivity index (χ2v) is 8.46. The molecule has 0 heterocycles. The monoisotopic (exact) mass is 436 g/mol. The Labute approximate surface area is 175 Å². The lowest BCUT2D eigenvalue weighted by atomic mass is 10.1. The zero-order valence-corrected chi connectivity index (χ0v) is 18.0. The lowest BCUT2D eigenvalue weighted by molar-refractivity contribution is -0.124. The van der Waals surface area contributed by atoms with Gasteiger partial charge in [-0.2, -0.15) is 4.31 Å². The van der Waals surface area contributed by atoms with Crippen LogP contribution in [-0.4, -0.2) is 44.3 Å². The lowest BCUT2D eigenvalue weighted by Gasteiger charge is -2.20. The first-order valence-electron chi connectivity index (χ1n) is 9.48. The molecule has 0 spiro atoms. The van der Waals surface area contributed by atoms with E-state index in [2.05, 4.69) is 5.32 Å². The Balaban J connectivity index is 2.01. The molecule has 9 heteroatoms. The van der Waals surface area contributed by atoms with E-state index in [1.165, 1.54) is 46.8 Å². The van der Waals surface area contributed by atoms with E-state index >= 15 is 0 Å². The fourth-order valence-corrected chi connectivity index (χ4v) is 4.48. The quantitative estimate of drug-likeness (QED) is 0.610. The lowest BCUT2D eigenvalue weighted by Crippen LogP contribution is -2.31. The number of halogens is 1. The van der Waals surface area contributed by atoms with Crippen LogP contribution in [-0.2, 0) is 26.1 Å². The molecule has 1 amide bonds. The van der Waals surface area contributed by atoms with Crippen LogP contribution in [0.2, 0.25) is 0 Å². The van der Waals surface area contributed by atoms with Crippen LogP contribution in [0.4, 0.5) is 4.39 Å². The van der Waals surface area contributed by atoms with E-state index in [0.717, 1.165) is 0 Å². The fraction of sp³-hybridized carbons (Fsp3) is 0.333. The summed E-state index contributed by atoms with van der Waals surface area (Å²) in [7, 11) is -3.74. The molecule has 2 rings (SSSR count). The molecule has 2 aromatic rings. The molecule has 0 aromatic heterocycles. The number of carbonyl (C=O) groups is 2. The Morgan fingerprint density at radius 3 is 2.30 bits per heavy atom. The Hall–Kier alpha value is -2.78. The minimum Gasteiger partial charge on any atom is -0.452 e. The summed E-state index contributed by atoms with van der Waals surface area (Å²) in [6.45, 7) is 5.37. The first-order valence-corrected chi connectivity index (χ1v) is 10.9. The highest BCUT2D eigenvalue weighted by molar-refractivity contribution is 7.89. The van der Waals surface area contributed by atoms with Gasteiger partial charge in [-0.3, -0.25) is 4.79 Å². The number of nitrogens with zero attached hydrogens (tertiary/aromatic N) is 1. The van der Waals surface area contributed by atoms with Crippen LogP contribution in [0.3, 0.4) is 0 Å². The van der Waals surface area contributed by atoms with Crippen LogP contribution in [0.15, 0.2) is 47.4 Å². The number of ether oxygens (including phenoxy) is 1. The molecule has 0 aliphatic rings. The first kappa shape index (κ1) is 23.5. The highest BCUT2D eigenvalue weighted by Crippen LogP contribution is 2.21. The van der Waals surface area contributed by atoms with E-state index in [9.17, 15) is 22.4 Å². The van der Waals surface area contributed by atoms with E-state index in [4.69, 9.17) is 4.74 Å². The average molecular weight is 437 g/mol. The molecule has 0 fully saturated rings. The number of carbonyl (C=O) groups excluding carboxylic acids is 2. The van der Waals surface area contributed by atoms with Crippen LogP contribution in [0.5, 0.6) is 0 Å². The maximum atomic E-state index is 12.9. The molecule has 7 nitrogen and oxygen atoms in total. The van der Waals surface area contributed by atoms with Crippen molar-refractivity contribution in [2.75, 3.05) is 19.7 Å². The van der Waals surface area contributed by atoms with Crippen LogP contribution >= 0.6 is 0 Å². The van der Waals surface area contributed by atoms with E-state index in [0.29, 0.717) is 24.2 Å². The Kier molecular flexibility index (Phi) is 8.08. The van der Waals surface area contributed by atoms with Gasteiger partial charge >= 0.3 is 5.97 Å². The molecular weight excluding hydrogens is 411 g/mol. The molecule has 0 aliphatic carbocycles. The van der Waals surface area contributed by atoms with Gasteiger partial charge in [0.2, 0.25) is 10.0 Å². The number of hydrogen-bond donors (Lipinski definition) is 1. The number of sulfonamides is 1. The summed E-state index contributed by atoms with van der Waals surface area (Å²) in [5, 5.41) is 2.56. The van der Waals surface area contributed by atoms with Gasteiger partial charge in [-0.05, 0) is 42.3 Å². The molecule has 162 valence electrons. The van der Waals surface area contributed by atoms with Crippen LogP contribution < -0.4 is 5.32 Å². The zero-order valence-electron chi connectivity index (χ0n) is 17.1. The van der Waals surface area contributed by atoms with E-state index in [1.54, 1.807) is 20.8 Å². The third-order valence-electron chi connectivity index (χ3n) is 4.48. The summed E-state index contributed by atoms with van der Waals surface area (Å²) in [6.07, 6.45) is 0. The van der Waals surface area contributed by atoms with Gasteiger partial charge in [-0.1, -0.05) is 32.0 Å². The highest BCUT2D eigenvalue weighted by atomic mass is 32.2. The molecule has 0 radical (unpaired) electrons. The topological polar surface area (TPSA) is 92.8 Å². The third-order valence-corrected chi connectivity index (χ3v) is 6.68. The van der Waals surface area contributed by atoms with Crippen molar-refractivity contribution in [3.8, 4) is 0 Å². The van der Waals surface area contributed by atoms with Crippen molar-refractivity contribution >= 4 is 21.9 Å². The van der Waals surface area contributed by atoms with Gasteiger partial charge in [0.25, 0.3) is 5.91 Å². The van der Waals surface area contributed by atoms with E-state index in [1.807, 2.05) is 0 Å². The zero-order chi connectivity index (χ0) is 22.3. The number of hydrogen-bond acceptors (Lipinski definition) is 5. The standard InChI is InChI=1S/C21H25FN2O5S/c1-4-24(5-2)30(27,28)19-12-17(9-6-15(19)3)21(26)29-14-20(25)23-13-16-7-10-18(22)11-8-16/h6-12H,4-5,13-14H2,1-3H3,(H,23,25). The Morgan fingerprint density at radius 1 is 1.07 bits per heavy atom. The molecule has 0 unspecified atom stereocenters. The summed E-state index contributed by atoms with van der Waals surface area (Å²) in [6, 6.07) is 9.88. The Bertz CT molecular complexity index is 1000. The number of benzene rings is 2. The number of rotatable bonds is 9. The molecule has 0 aliphatic heterocycles. The summed E-state index contributed by atoms with van der Waals surface area (Å²) in [4.78, 5) is 24.2. The second-order valence-electron chi connectivity index (χ2n) is 6.55. The predicted octanol–water partition coefficient (Wildman–Crippen LogP) is 2.64. The smallest absolute Gasteiger partial charge is 0.338 e. The average Bonchev–Trinajstić information content (AvgIpc) is 2.72. The van der Waals surface area contributed by atoms with E-state index < -0.39 is 28.5 Å². The van der Waals surface area contributed by atoms with E-state index in [-0.39, 0.29) is 22.8 Å². The second kappa shape index (κ2) is 10.3. The highest BCUT2D eigenvalue weighted by Gasteiger charge is 2.25. The van der Waals surface area contributed by atoms with Gasteiger partial charge < -0.3 is 10.1 Å². The largest absolute Gasteiger partial charge is 0.452 e. The maximum absolute atomic E-state index is 12.9. The first-order chi connectivity index (χ1) is 14.2. The Morgan fingerprint density at radius 2 is 1.70 bits per heavy atom. The number of aryl methyl sites for hydroxylation is 1. The molecule has 0 atom stereocenters. The third kappa shape index (κ3) is 5.87. The summed E-state index contributed by atoms with van der Waals surface area (Å²) >= 11 is 0. The van der Waals surface area contributed by atoms with Crippen molar-refractivity contribution in [2.24, 2.45) is 0 Å². The van der Waals surface area contributed by atoms with Crippen LogP contribution in [0, 0.1) is 12.7 Å². The van der Waals surface area contributed by atoms with Gasteiger partial charge in [-0.15, -0.1) is 0 Å². The van der Waals surface area contributed by atoms with Crippen molar-refractivity contribution in [2.45, 2.75) is 32.2 Å². The minimum atomic E-state index is -3.74. The maximum Gasteiger partial charge on any atom is 0.338 e. The van der Waals surface area contributed by atoms with Crippen molar-refractivity contribution in [3.63, 3.8) is 0 Å². The SMILES string of the molecule is CCN(CC)S(=O)(=O)c1cc(C(=O)OCC(=O)NCc2ccc(F)cc2)ccc1C. The van der Waals surface area contributed by atoms with Crippen molar-refractivity contribution in [3.05, 3.63) is 65.0 Å². The summed E-state index contributed by atoms with van der Waals surface area (Å²) in [5.41, 5.74) is 1.24. The minimum absolute atomic E-state index is 0.0291. The van der Waals surface area contributed by atoms with Crippen LogP contribution in [0.1, 0.15) is 35.3 Å². The number of esters is 1. The fourth-order valence-electron chi connectivity index (χ4n) is 2.78. The van der Waals surface area contributed by atoms with Gasteiger partial charge in [-0.25, -0.2) is 17.6 Å². The normalized spacial score (nSPS) is 11.4. The number of amides is 1. The predicted molar refractivity (Wildman–Crippen MR) is 110 cm³/mol. The molecule has 2 aromatic carbocycles. The van der Waals surface area contributed by atoms with Crippen molar-refractivity contribution in [1.82, 2.24) is 9.62 Å². The van der Waals surface area contributed by atoms with Crippen LogP contribution in [0.25, 0.3) is 0 Å². The molecule has 30 heavy (non-hydrogen) atoms. The molecule has 0 saturated heterocycles. The molecule has 0 saturated carbocycles. The van der Waals surface area contributed by atoms with Gasteiger partial charge in [0.15, 0.2) is 6.61 Å². The van der Waals surface area contributed by atoms with Gasteiger partial charge in [0.05, 0.1) is 10.5 Å². The van der Waals surface area contributed by atoms with Gasteiger partial charge in [0, 0.05) is 19.6 Å². The molecule has 0 bridgehead atoms. The van der Waals surface area contributed by atoms with Crippen molar-refractivity contribution < 1.29 is 27.1 Å².